The summed E-state index contributed by atoms with van der Waals surface area (Å²) < 4.78 is 1.15. The van der Waals surface area contributed by atoms with Crippen molar-refractivity contribution in [1.82, 2.24) is 0 Å². The number of thioether (sulfide) groups is 1. The van der Waals surface area contributed by atoms with Gasteiger partial charge in [-0.2, -0.15) is 11.8 Å². The normalized spacial score (nSPS) is 10.3. The minimum Gasteiger partial charge on any atom is -0.384 e. The Bertz CT molecular complexity index is 302. The van der Waals surface area contributed by atoms with Crippen LogP contribution in [-0.2, 0) is 0 Å². The molecule has 0 aliphatic carbocycles. The SMILES string of the molecule is CCSCCCNc1cc(C)ccc1Br. The average molecular weight is 288 g/mol. The molecule has 1 rings (SSSR count). The van der Waals surface area contributed by atoms with Gasteiger partial charge in [-0.1, -0.05) is 13.0 Å². The van der Waals surface area contributed by atoms with E-state index in [1.807, 2.05) is 11.8 Å². The molecule has 0 atom stereocenters. The Morgan fingerprint density at radius 1 is 1.40 bits per heavy atom. The first-order chi connectivity index (χ1) is 7.24. The summed E-state index contributed by atoms with van der Waals surface area (Å²) in [5.74, 6) is 2.46. The summed E-state index contributed by atoms with van der Waals surface area (Å²) in [6.45, 7) is 5.37. The fraction of sp³-hybridized carbons (Fsp3) is 0.500. The van der Waals surface area contributed by atoms with Crippen LogP contribution in [0.25, 0.3) is 0 Å². The molecule has 0 spiro atoms. The predicted molar refractivity (Wildman–Crippen MR) is 75.0 cm³/mol. The third kappa shape index (κ3) is 4.94. The van der Waals surface area contributed by atoms with Crippen molar-refractivity contribution in [3.63, 3.8) is 0 Å². The van der Waals surface area contributed by atoms with Crippen molar-refractivity contribution in [2.75, 3.05) is 23.4 Å². The molecule has 0 saturated heterocycles. The lowest BCUT2D eigenvalue weighted by Crippen LogP contribution is -2.03. The Labute approximate surface area is 105 Å². The van der Waals surface area contributed by atoms with E-state index in [-0.39, 0.29) is 0 Å². The third-order valence-corrected chi connectivity index (χ3v) is 3.78. The minimum absolute atomic E-state index is 1.05. The van der Waals surface area contributed by atoms with Gasteiger partial charge in [0.1, 0.15) is 0 Å². The molecule has 0 bridgehead atoms. The van der Waals surface area contributed by atoms with Crippen molar-refractivity contribution < 1.29 is 0 Å². The van der Waals surface area contributed by atoms with E-state index >= 15 is 0 Å². The number of halogens is 1. The van der Waals surface area contributed by atoms with Crippen LogP contribution in [0.4, 0.5) is 5.69 Å². The van der Waals surface area contributed by atoms with E-state index in [1.165, 1.54) is 29.2 Å². The van der Waals surface area contributed by atoms with E-state index in [0.717, 1.165) is 11.0 Å². The van der Waals surface area contributed by atoms with Crippen molar-refractivity contribution in [1.29, 1.82) is 0 Å². The largest absolute Gasteiger partial charge is 0.384 e. The predicted octanol–water partition coefficient (Wildman–Crippen LogP) is 4.31. The number of nitrogens with one attached hydrogen (secondary N) is 1. The summed E-state index contributed by atoms with van der Waals surface area (Å²) in [6, 6.07) is 6.39. The van der Waals surface area contributed by atoms with E-state index in [1.54, 1.807) is 0 Å². The lowest BCUT2D eigenvalue weighted by molar-refractivity contribution is 0.990. The number of benzene rings is 1. The van der Waals surface area contributed by atoms with Crippen LogP contribution in [0.1, 0.15) is 18.9 Å². The van der Waals surface area contributed by atoms with Crippen molar-refractivity contribution in [2.24, 2.45) is 0 Å². The average Bonchev–Trinajstić information content (AvgIpc) is 2.23. The van der Waals surface area contributed by atoms with Gasteiger partial charge in [0.05, 0.1) is 0 Å². The van der Waals surface area contributed by atoms with E-state index in [2.05, 4.69) is 53.3 Å². The molecule has 1 nitrogen and oxygen atoms in total. The van der Waals surface area contributed by atoms with Gasteiger partial charge in [-0.3, -0.25) is 0 Å². The van der Waals surface area contributed by atoms with Crippen molar-refractivity contribution in [3.05, 3.63) is 28.2 Å². The van der Waals surface area contributed by atoms with Gasteiger partial charge in [0.25, 0.3) is 0 Å². The lowest BCUT2D eigenvalue weighted by atomic mass is 10.2. The highest BCUT2D eigenvalue weighted by molar-refractivity contribution is 9.10. The molecule has 1 N–H and O–H groups in total. The Balaban J connectivity index is 2.33. The van der Waals surface area contributed by atoms with Crippen molar-refractivity contribution in [3.8, 4) is 0 Å². The van der Waals surface area contributed by atoms with Crippen LogP contribution in [0.2, 0.25) is 0 Å². The summed E-state index contributed by atoms with van der Waals surface area (Å²) in [7, 11) is 0. The fourth-order valence-corrected chi connectivity index (χ4v) is 2.34. The molecule has 0 aliphatic rings. The topological polar surface area (TPSA) is 12.0 Å². The zero-order valence-corrected chi connectivity index (χ0v) is 11.7. The highest BCUT2D eigenvalue weighted by atomic mass is 79.9. The second-order valence-electron chi connectivity index (χ2n) is 3.46. The smallest absolute Gasteiger partial charge is 0.0487 e. The van der Waals surface area contributed by atoms with Gasteiger partial charge in [0.2, 0.25) is 0 Å². The summed E-state index contributed by atoms with van der Waals surface area (Å²) in [5, 5.41) is 3.45. The Morgan fingerprint density at radius 2 is 2.20 bits per heavy atom. The number of hydrogen-bond acceptors (Lipinski definition) is 2. The molecule has 0 aliphatic heterocycles. The standard InChI is InChI=1S/C12H18BrNS/c1-3-15-8-4-7-14-12-9-10(2)5-6-11(12)13/h5-6,9,14H,3-4,7-8H2,1-2H3. The molecule has 0 aromatic heterocycles. The summed E-state index contributed by atoms with van der Waals surface area (Å²) >= 11 is 5.54. The molecule has 3 heteroatoms. The van der Waals surface area contributed by atoms with Crippen LogP contribution in [0.3, 0.4) is 0 Å². The molecule has 15 heavy (non-hydrogen) atoms. The number of anilines is 1. The van der Waals surface area contributed by atoms with Gasteiger partial charge >= 0.3 is 0 Å². The first-order valence-corrected chi connectivity index (χ1v) is 7.26. The molecule has 0 heterocycles. The number of aryl methyl sites for hydroxylation is 1. The zero-order chi connectivity index (χ0) is 11.1. The monoisotopic (exact) mass is 287 g/mol. The van der Waals surface area contributed by atoms with Crippen LogP contribution in [-0.4, -0.2) is 18.1 Å². The number of hydrogen-bond donors (Lipinski definition) is 1. The molecular weight excluding hydrogens is 270 g/mol. The van der Waals surface area contributed by atoms with Crippen LogP contribution in [0, 0.1) is 6.92 Å². The molecule has 0 saturated carbocycles. The summed E-state index contributed by atoms with van der Waals surface area (Å²) in [5.41, 5.74) is 2.50. The lowest BCUT2D eigenvalue weighted by Gasteiger charge is -2.09. The van der Waals surface area contributed by atoms with Crippen LogP contribution in [0.5, 0.6) is 0 Å². The molecule has 1 aromatic carbocycles. The summed E-state index contributed by atoms with van der Waals surface area (Å²) in [6.07, 6.45) is 1.22. The van der Waals surface area contributed by atoms with Crippen molar-refractivity contribution in [2.45, 2.75) is 20.3 Å². The van der Waals surface area contributed by atoms with Crippen LogP contribution < -0.4 is 5.32 Å². The van der Waals surface area contributed by atoms with Gasteiger partial charge in [-0.15, -0.1) is 0 Å². The Hall–Kier alpha value is -0.150. The molecule has 0 radical (unpaired) electrons. The maximum atomic E-state index is 3.55. The molecule has 0 amide bonds. The van der Waals surface area contributed by atoms with E-state index in [0.29, 0.717) is 0 Å². The molecule has 0 unspecified atom stereocenters. The molecular formula is C12H18BrNS. The van der Waals surface area contributed by atoms with E-state index in [9.17, 15) is 0 Å². The van der Waals surface area contributed by atoms with E-state index < -0.39 is 0 Å². The summed E-state index contributed by atoms with van der Waals surface area (Å²) in [4.78, 5) is 0. The number of rotatable bonds is 6. The maximum absolute atomic E-state index is 3.55. The highest BCUT2D eigenvalue weighted by Gasteiger charge is 1.98. The van der Waals surface area contributed by atoms with Gasteiger partial charge in [-0.25, -0.2) is 0 Å². The Kier molecular flexibility index (Phi) is 6.18. The van der Waals surface area contributed by atoms with Crippen molar-refractivity contribution >= 4 is 33.4 Å². The fourth-order valence-electron chi connectivity index (χ4n) is 1.32. The van der Waals surface area contributed by atoms with Crippen LogP contribution in [0.15, 0.2) is 22.7 Å². The molecule has 84 valence electrons. The molecule has 1 aromatic rings. The minimum atomic E-state index is 1.05. The first kappa shape index (κ1) is 12.9. The quantitative estimate of drug-likeness (QED) is 0.783. The Morgan fingerprint density at radius 3 is 2.93 bits per heavy atom. The van der Waals surface area contributed by atoms with Gasteiger partial charge < -0.3 is 5.32 Å². The second-order valence-corrected chi connectivity index (χ2v) is 5.71. The second kappa shape index (κ2) is 7.18. The first-order valence-electron chi connectivity index (χ1n) is 5.32. The van der Waals surface area contributed by atoms with Gasteiger partial charge in [0.15, 0.2) is 0 Å². The van der Waals surface area contributed by atoms with Gasteiger partial charge in [-0.05, 0) is 58.5 Å². The molecule has 0 fully saturated rings. The zero-order valence-electron chi connectivity index (χ0n) is 9.35. The van der Waals surface area contributed by atoms with Gasteiger partial charge in [0, 0.05) is 16.7 Å². The van der Waals surface area contributed by atoms with E-state index in [4.69, 9.17) is 0 Å². The maximum Gasteiger partial charge on any atom is 0.0487 e. The highest BCUT2D eigenvalue weighted by Crippen LogP contribution is 2.23. The third-order valence-electron chi connectivity index (χ3n) is 2.11. The van der Waals surface area contributed by atoms with Crippen LogP contribution >= 0.6 is 27.7 Å².